The number of primary amides is 1. The summed E-state index contributed by atoms with van der Waals surface area (Å²) in [7, 11) is 2.95. The molecule has 0 bridgehead atoms. The van der Waals surface area contributed by atoms with Gasteiger partial charge in [0.05, 0.1) is 23.4 Å². The van der Waals surface area contributed by atoms with Crippen molar-refractivity contribution in [3.63, 3.8) is 0 Å². The maximum Gasteiger partial charge on any atom is 0.305 e. The maximum absolute atomic E-state index is 14.3. The van der Waals surface area contributed by atoms with Crippen molar-refractivity contribution in [1.29, 1.82) is 0 Å². The summed E-state index contributed by atoms with van der Waals surface area (Å²) >= 11 is 0. The molecule has 0 radical (unpaired) electrons. The Morgan fingerprint density at radius 1 is 1.07 bits per heavy atom. The third-order valence-corrected chi connectivity index (χ3v) is 8.80. The first-order valence-electron chi connectivity index (χ1n) is 13.7. The number of benzene rings is 1. The van der Waals surface area contributed by atoms with Gasteiger partial charge in [-0.05, 0) is 38.1 Å². The quantitative estimate of drug-likeness (QED) is 0.237. The van der Waals surface area contributed by atoms with E-state index < -0.39 is 82.3 Å². The van der Waals surface area contributed by atoms with Crippen molar-refractivity contribution in [2.24, 2.45) is 29.4 Å². The molecule has 3 unspecified atom stereocenters. The topological polar surface area (TPSA) is 181 Å². The SMILES string of the molecule is CCCCC[C@H]1c2cccc(O)c2C(=O)C2C(=O)[C@]3(O)C(=O)C(C(N)=O)C(=O)C(N(C)C)[C@@H]3[C@@H](OC(=O)CC)[C@@H]21. The molecule has 2 saturated carbocycles. The molecule has 2 fully saturated rings. The first kappa shape index (κ1) is 29.5. The van der Waals surface area contributed by atoms with Crippen LogP contribution in [0.5, 0.6) is 5.75 Å². The standard InChI is InChI=1S/C29H36N2O9/c1-5-7-8-10-14-13-11-9-12-15(32)17(13)23(34)19-18(14)25(40-16(33)6-2)21-22(31(3)4)24(35)20(28(30)38)27(37)29(21,39)26(19)36/h9,11-12,14,18-22,25,32,39H,5-8,10H2,1-4H3,(H2,30,38)/t14-,18+,19?,20?,21+,22?,25-,29-/m0/s1. The van der Waals surface area contributed by atoms with E-state index in [2.05, 4.69) is 0 Å². The van der Waals surface area contributed by atoms with Crippen molar-refractivity contribution in [3.05, 3.63) is 29.3 Å². The molecule has 0 aromatic heterocycles. The lowest BCUT2D eigenvalue weighted by Gasteiger charge is -2.57. The van der Waals surface area contributed by atoms with Crippen LogP contribution in [0.4, 0.5) is 0 Å². The molecule has 3 aliphatic carbocycles. The van der Waals surface area contributed by atoms with Gasteiger partial charge in [0.1, 0.15) is 11.9 Å². The Bertz CT molecular complexity index is 1270. The Labute approximate surface area is 232 Å². The summed E-state index contributed by atoms with van der Waals surface area (Å²) < 4.78 is 5.88. The zero-order valence-electron chi connectivity index (χ0n) is 23.1. The fraction of sp³-hybridized carbons (Fsp3) is 0.586. The number of rotatable bonds is 8. The fourth-order valence-electron chi connectivity index (χ4n) is 7.08. The molecule has 11 nitrogen and oxygen atoms in total. The number of phenolic OH excluding ortho intramolecular Hbond substituents is 1. The highest BCUT2D eigenvalue weighted by Crippen LogP contribution is 2.56. The highest BCUT2D eigenvalue weighted by atomic mass is 16.5. The molecule has 3 aliphatic rings. The van der Waals surface area contributed by atoms with E-state index in [1.165, 1.54) is 25.1 Å². The van der Waals surface area contributed by atoms with E-state index in [0.717, 1.165) is 12.8 Å². The number of nitrogens with two attached hydrogens (primary N) is 1. The number of ketones is 4. The van der Waals surface area contributed by atoms with Gasteiger partial charge in [-0.15, -0.1) is 0 Å². The summed E-state index contributed by atoms with van der Waals surface area (Å²) in [4.78, 5) is 81.9. The van der Waals surface area contributed by atoms with E-state index in [9.17, 15) is 39.0 Å². The van der Waals surface area contributed by atoms with Gasteiger partial charge in [0.2, 0.25) is 5.91 Å². The molecule has 216 valence electrons. The minimum absolute atomic E-state index is 0.0861. The zero-order valence-corrected chi connectivity index (χ0v) is 23.1. The lowest BCUT2D eigenvalue weighted by Crippen LogP contribution is -2.78. The van der Waals surface area contributed by atoms with Crippen LogP contribution in [-0.4, -0.2) is 82.0 Å². The number of esters is 1. The third-order valence-electron chi connectivity index (χ3n) is 8.80. The van der Waals surface area contributed by atoms with Gasteiger partial charge in [-0.2, -0.15) is 0 Å². The number of nitrogens with zero attached hydrogens (tertiary/aromatic N) is 1. The van der Waals surface area contributed by atoms with Crippen molar-refractivity contribution in [1.82, 2.24) is 4.90 Å². The molecule has 11 heteroatoms. The van der Waals surface area contributed by atoms with Gasteiger partial charge in [-0.3, -0.25) is 33.7 Å². The van der Waals surface area contributed by atoms with Crippen LogP contribution in [0.1, 0.15) is 67.8 Å². The van der Waals surface area contributed by atoms with E-state index in [0.29, 0.717) is 18.4 Å². The molecule has 8 atom stereocenters. The highest BCUT2D eigenvalue weighted by Gasteiger charge is 2.74. The van der Waals surface area contributed by atoms with Crippen molar-refractivity contribution in [2.75, 3.05) is 14.1 Å². The Hall–Kier alpha value is -3.44. The van der Waals surface area contributed by atoms with Crippen LogP contribution in [0.25, 0.3) is 0 Å². The molecule has 0 saturated heterocycles. The summed E-state index contributed by atoms with van der Waals surface area (Å²) in [6.45, 7) is 3.56. The van der Waals surface area contributed by atoms with Crippen molar-refractivity contribution < 1.29 is 43.7 Å². The Kier molecular flexibility index (Phi) is 8.01. The second-order valence-electron chi connectivity index (χ2n) is 11.2. The van der Waals surface area contributed by atoms with Crippen LogP contribution in [0.3, 0.4) is 0 Å². The summed E-state index contributed by atoms with van der Waals surface area (Å²) in [5.41, 5.74) is 2.77. The van der Waals surface area contributed by atoms with Crippen LogP contribution in [0.15, 0.2) is 18.2 Å². The van der Waals surface area contributed by atoms with Gasteiger partial charge in [0, 0.05) is 12.3 Å². The molecule has 40 heavy (non-hydrogen) atoms. The molecule has 1 aromatic carbocycles. The molecule has 1 aromatic rings. The molecule has 4 N–H and O–H groups in total. The normalized spacial score (nSPS) is 33.3. The number of unbranched alkanes of at least 4 members (excludes halogenated alkanes) is 2. The number of fused-ring (bicyclic) bond motifs is 3. The molecule has 0 heterocycles. The number of phenols is 1. The third kappa shape index (κ3) is 4.26. The minimum Gasteiger partial charge on any atom is -0.507 e. The predicted molar refractivity (Wildman–Crippen MR) is 140 cm³/mol. The number of aliphatic hydroxyl groups is 1. The minimum atomic E-state index is -3.02. The largest absolute Gasteiger partial charge is 0.507 e. The van der Waals surface area contributed by atoms with Crippen LogP contribution in [0, 0.1) is 23.7 Å². The lowest BCUT2D eigenvalue weighted by molar-refractivity contribution is -0.206. The summed E-state index contributed by atoms with van der Waals surface area (Å²) in [6.07, 6.45) is 1.34. The average molecular weight is 557 g/mol. The average Bonchev–Trinajstić information content (AvgIpc) is 2.89. The van der Waals surface area contributed by atoms with E-state index in [-0.39, 0.29) is 17.7 Å². The monoisotopic (exact) mass is 556 g/mol. The number of hydrogen-bond acceptors (Lipinski definition) is 10. The molecule has 0 spiro atoms. The number of amides is 1. The van der Waals surface area contributed by atoms with E-state index in [1.807, 2.05) is 6.92 Å². The molecule has 1 amide bonds. The van der Waals surface area contributed by atoms with Gasteiger partial charge in [0.15, 0.2) is 34.7 Å². The van der Waals surface area contributed by atoms with Crippen LogP contribution < -0.4 is 5.73 Å². The second kappa shape index (κ2) is 10.9. The Morgan fingerprint density at radius 3 is 2.33 bits per heavy atom. The number of hydrogen-bond donors (Lipinski definition) is 3. The molecule has 0 aliphatic heterocycles. The number of aromatic hydroxyl groups is 1. The number of carbonyl (C=O) groups is 6. The smallest absolute Gasteiger partial charge is 0.305 e. The molecule has 4 rings (SSSR count). The van der Waals surface area contributed by atoms with E-state index in [4.69, 9.17) is 10.5 Å². The van der Waals surface area contributed by atoms with Gasteiger partial charge < -0.3 is 20.7 Å². The van der Waals surface area contributed by atoms with Gasteiger partial charge in [-0.25, -0.2) is 0 Å². The number of carbonyl (C=O) groups excluding carboxylic acids is 6. The van der Waals surface area contributed by atoms with Gasteiger partial charge >= 0.3 is 5.97 Å². The van der Waals surface area contributed by atoms with Crippen molar-refractivity contribution in [2.45, 2.75) is 69.6 Å². The van der Waals surface area contributed by atoms with Crippen LogP contribution in [-0.2, 0) is 28.7 Å². The Balaban J connectivity index is 2.03. The fourth-order valence-corrected chi connectivity index (χ4v) is 7.08. The first-order valence-corrected chi connectivity index (χ1v) is 13.7. The number of ether oxygens (including phenoxy) is 1. The maximum atomic E-state index is 14.3. The number of Topliss-reactive ketones (excluding diaryl/α,β-unsaturated/α-hetero) is 4. The van der Waals surface area contributed by atoms with Gasteiger partial charge in [0.25, 0.3) is 0 Å². The van der Waals surface area contributed by atoms with E-state index in [1.54, 1.807) is 19.1 Å². The zero-order chi connectivity index (χ0) is 29.7. The van der Waals surface area contributed by atoms with Crippen molar-refractivity contribution in [3.8, 4) is 5.75 Å². The molecular formula is C29H36N2O9. The van der Waals surface area contributed by atoms with Crippen molar-refractivity contribution >= 4 is 35.0 Å². The summed E-state index contributed by atoms with van der Waals surface area (Å²) in [6, 6.07) is 3.16. The summed E-state index contributed by atoms with van der Waals surface area (Å²) in [5, 5.41) is 22.7. The van der Waals surface area contributed by atoms with E-state index >= 15 is 0 Å². The first-order chi connectivity index (χ1) is 18.8. The lowest BCUT2D eigenvalue weighted by atomic mass is 9.49. The molecular weight excluding hydrogens is 520 g/mol. The van der Waals surface area contributed by atoms with Crippen LogP contribution >= 0.6 is 0 Å². The Morgan fingerprint density at radius 2 is 1.75 bits per heavy atom. The number of likely N-dealkylation sites (N-methyl/N-ethyl adjacent to an activating group) is 1. The summed E-state index contributed by atoms with van der Waals surface area (Å²) in [5.74, 6) is -13.7. The van der Waals surface area contributed by atoms with Crippen LogP contribution in [0.2, 0.25) is 0 Å². The second-order valence-corrected chi connectivity index (χ2v) is 11.2. The predicted octanol–water partition coefficient (Wildman–Crippen LogP) is 0.920. The highest BCUT2D eigenvalue weighted by molar-refractivity contribution is 6.32. The van der Waals surface area contributed by atoms with Gasteiger partial charge in [-0.1, -0.05) is 45.2 Å².